The summed E-state index contributed by atoms with van der Waals surface area (Å²) in [7, 11) is 0. The largest absolute Gasteiger partial charge is 0.456 e. The van der Waals surface area contributed by atoms with Gasteiger partial charge in [0.05, 0.1) is 22.5 Å². The van der Waals surface area contributed by atoms with Crippen LogP contribution in [0.1, 0.15) is 0 Å². The Labute approximate surface area is 196 Å². The third-order valence-electron chi connectivity index (χ3n) is 5.07. The van der Waals surface area contributed by atoms with Crippen LogP contribution >= 0.6 is 23.2 Å². The second-order valence-corrected chi connectivity index (χ2v) is 7.89. The fourth-order valence-corrected chi connectivity index (χ4v) is 3.98. The lowest BCUT2D eigenvalue weighted by molar-refractivity contribution is -0.109. The van der Waals surface area contributed by atoms with E-state index >= 15 is 0 Å². The highest BCUT2D eigenvalue weighted by Gasteiger charge is 2.23. The molecule has 4 aromatic rings. The maximum absolute atomic E-state index is 14.4. The molecule has 1 saturated heterocycles. The van der Waals surface area contributed by atoms with E-state index in [0.717, 1.165) is 13.1 Å². The summed E-state index contributed by atoms with van der Waals surface area (Å²) in [6, 6.07) is 2.80. The number of fused-ring (bicyclic) bond motifs is 2. The fourth-order valence-electron chi connectivity index (χ4n) is 3.60. The molecule has 0 amide bonds. The molecule has 0 aliphatic carbocycles. The van der Waals surface area contributed by atoms with Gasteiger partial charge in [-0.1, -0.05) is 23.2 Å². The van der Waals surface area contributed by atoms with Crippen molar-refractivity contribution in [1.29, 1.82) is 0 Å². The number of H-pyrrole nitrogens is 1. The Morgan fingerprint density at radius 2 is 1.97 bits per heavy atom. The Hall–Kier alpha value is -3.28. The van der Waals surface area contributed by atoms with Crippen LogP contribution in [0.4, 0.5) is 10.2 Å². The highest BCUT2D eigenvalue weighted by molar-refractivity contribution is 6.33. The van der Waals surface area contributed by atoms with Gasteiger partial charge in [0.2, 0.25) is 5.88 Å². The van der Waals surface area contributed by atoms with Crippen molar-refractivity contribution in [1.82, 2.24) is 30.5 Å². The molecule has 0 unspecified atom stereocenters. The third kappa shape index (κ3) is 4.10. The van der Waals surface area contributed by atoms with Crippen molar-refractivity contribution in [2.24, 2.45) is 0 Å². The lowest BCUT2D eigenvalue weighted by atomic mass is 10.2. The van der Waals surface area contributed by atoms with E-state index in [1.54, 1.807) is 6.07 Å². The quantitative estimate of drug-likeness (QED) is 0.309. The monoisotopic (exact) mass is 491 g/mol. The number of anilines is 1. The van der Waals surface area contributed by atoms with Crippen molar-refractivity contribution in [3.05, 3.63) is 34.3 Å². The van der Waals surface area contributed by atoms with Gasteiger partial charge in [0.25, 0.3) is 0 Å². The van der Waals surface area contributed by atoms with E-state index in [1.807, 2.05) is 4.90 Å². The molecule has 0 radical (unpaired) electrons. The number of nitrogens with zero attached hydrogens (tertiary/aromatic N) is 5. The van der Waals surface area contributed by atoms with Crippen molar-refractivity contribution >= 4 is 57.1 Å². The normalized spacial score (nSPS) is 14.1. The number of rotatable bonds is 6. The number of piperazine rings is 1. The molecular formula is C20H16Cl2FN7O3. The SMILES string of the molecule is O=CCOc1nc(N2CCNCC2)c2cc(Cl)nc(Oc3c(Cl)c(F)cc4[nH]ncc34)c2n1. The zero-order valence-corrected chi connectivity index (χ0v) is 18.5. The van der Waals surface area contributed by atoms with Gasteiger partial charge in [0, 0.05) is 32.2 Å². The Morgan fingerprint density at radius 3 is 2.76 bits per heavy atom. The first-order valence-electron chi connectivity index (χ1n) is 9.94. The van der Waals surface area contributed by atoms with Gasteiger partial charge in [0.1, 0.15) is 33.9 Å². The molecule has 5 rings (SSSR count). The molecule has 1 aliphatic rings. The molecule has 3 aromatic heterocycles. The molecular weight excluding hydrogens is 476 g/mol. The smallest absolute Gasteiger partial charge is 0.319 e. The molecule has 1 aliphatic heterocycles. The molecule has 33 heavy (non-hydrogen) atoms. The minimum Gasteiger partial charge on any atom is -0.456 e. The lowest BCUT2D eigenvalue weighted by Gasteiger charge is -2.29. The maximum Gasteiger partial charge on any atom is 0.319 e. The summed E-state index contributed by atoms with van der Waals surface area (Å²) in [4.78, 5) is 26.0. The van der Waals surface area contributed by atoms with Crippen molar-refractivity contribution in [3.8, 4) is 17.6 Å². The second kappa shape index (κ2) is 8.93. The van der Waals surface area contributed by atoms with Gasteiger partial charge < -0.3 is 19.7 Å². The number of benzene rings is 1. The zero-order valence-electron chi connectivity index (χ0n) is 16.9. The number of aldehydes is 1. The van der Waals surface area contributed by atoms with Crippen molar-refractivity contribution in [2.45, 2.75) is 0 Å². The molecule has 1 aromatic carbocycles. The summed E-state index contributed by atoms with van der Waals surface area (Å²) >= 11 is 12.5. The van der Waals surface area contributed by atoms with Crippen LogP contribution in [0.25, 0.3) is 21.8 Å². The van der Waals surface area contributed by atoms with Gasteiger partial charge >= 0.3 is 6.01 Å². The molecule has 170 valence electrons. The van der Waals surface area contributed by atoms with Crippen LogP contribution in [0, 0.1) is 5.82 Å². The number of ether oxygens (including phenoxy) is 2. The molecule has 10 nitrogen and oxygen atoms in total. The number of nitrogens with one attached hydrogen (secondary N) is 2. The summed E-state index contributed by atoms with van der Waals surface area (Å²) in [5.74, 6) is -0.160. The van der Waals surface area contributed by atoms with E-state index in [1.165, 1.54) is 12.3 Å². The molecule has 0 bridgehead atoms. The summed E-state index contributed by atoms with van der Waals surface area (Å²) in [5.41, 5.74) is 0.658. The average molecular weight is 492 g/mol. The molecule has 0 atom stereocenters. The Kier molecular flexibility index (Phi) is 5.83. The molecule has 0 spiro atoms. The summed E-state index contributed by atoms with van der Waals surface area (Å²) in [5, 5.41) is 10.8. The predicted molar refractivity (Wildman–Crippen MR) is 120 cm³/mol. The average Bonchev–Trinajstić information content (AvgIpc) is 3.29. The first-order chi connectivity index (χ1) is 16.0. The summed E-state index contributed by atoms with van der Waals surface area (Å²) in [6.07, 6.45) is 2.06. The number of aromatic amines is 1. The minimum absolute atomic E-state index is 0.00850. The Bertz CT molecular complexity index is 1360. The molecule has 0 saturated carbocycles. The van der Waals surface area contributed by atoms with Crippen molar-refractivity contribution < 1.29 is 18.7 Å². The number of carbonyl (C=O) groups excluding carboxylic acids is 1. The molecule has 1 fully saturated rings. The maximum atomic E-state index is 14.4. The zero-order chi connectivity index (χ0) is 22.9. The first kappa shape index (κ1) is 21.6. The van der Waals surface area contributed by atoms with Gasteiger partial charge in [-0.2, -0.15) is 20.1 Å². The third-order valence-corrected chi connectivity index (χ3v) is 5.61. The van der Waals surface area contributed by atoms with Gasteiger partial charge in [0.15, 0.2) is 12.0 Å². The predicted octanol–water partition coefficient (Wildman–Crippen LogP) is 3.13. The van der Waals surface area contributed by atoms with Crippen molar-refractivity contribution in [3.63, 3.8) is 0 Å². The van der Waals surface area contributed by atoms with Crippen LogP contribution in [-0.2, 0) is 4.79 Å². The summed E-state index contributed by atoms with van der Waals surface area (Å²) < 4.78 is 25.8. The second-order valence-electron chi connectivity index (χ2n) is 7.13. The van der Waals surface area contributed by atoms with E-state index in [-0.39, 0.29) is 39.9 Å². The van der Waals surface area contributed by atoms with Crippen LogP contribution in [-0.4, -0.2) is 64.2 Å². The Morgan fingerprint density at radius 1 is 1.15 bits per heavy atom. The van der Waals surface area contributed by atoms with Crippen LogP contribution in [0.15, 0.2) is 18.3 Å². The minimum atomic E-state index is -0.694. The standard InChI is InChI=1S/C20H16Cl2FN7O3/c21-14-7-10-16(27-20(32-6-5-31)28-18(10)30-3-1-24-2-4-30)19(26-14)33-17-11-9-25-29-13(11)8-12(23)15(17)22/h5,7-9,24H,1-4,6H2,(H,25,29). The lowest BCUT2D eigenvalue weighted by Crippen LogP contribution is -2.44. The van der Waals surface area contributed by atoms with Gasteiger partial charge in [-0.3, -0.25) is 9.89 Å². The van der Waals surface area contributed by atoms with E-state index in [0.29, 0.717) is 41.5 Å². The number of hydrogen-bond donors (Lipinski definition) is 2. The van der Waals surface area contributed by atoms with Gasteiger partial charge in [-0.05, 0) is 6.07 Å². The van der Waals surface area contributed by atoms with E-state index in [2.05, 4.69) is 30.5 Å². The van der Waals surface area contributed by atoms with E-state index < -0.39 is 5.82 Å². The van der Waals surface area contributed by atoms with Gasteiger partial charge in [-0.25, -0.2) is 4.39 Å². The van der Waals surface area contributed by atoms with Gasteiger partial charge in [-0.15, -0.1) is 0 Å². The molecule has 13 heteroatoms. The van der Waals surface area contributed by atoms with Crippen LogP contribution in [0.2, 0.25) is 10.2 Å². The number of carbonyl (C=O) groups is 1. The van der Waals surface area contributed by atoms with Crippen molar-refractivity contribution in [2.75, 3.05) is 37.7 Å². The highest BCUT2D eigenvalue weighted by Crippen LogP contribution is 2.41. The Balaban J connectivity index is 1.70. The van der Waals surface area contributed by atoms with E-state index in [9.17, 15) is 9.18 Å². The number of halogens is 3. The fraction of sp³-hybridized carbons (Fsp3) is 0.250. The number of aromatic nitrogens is 5. The summed E-state index contributed by atoms with van der Waals surface area (Å²) in [6.45, 7) is 2.65. The number of pyridine rings is 1. The molecule has 4 heterocycles. The van der Waals surface area contributed by atoms with Crippen LogP contribution in [0.3, 0.4) is 0 Å². The first-order valence-corrected chi connectivity index (χ1v) is 10.7. The van der Waals surface area contributed by atoms with Crippen LogP contribution in [0.5, 0.6) is 17.6 Å². The topological polar surface area (TPSA) is 118 Å². The number of hydrogen-bond acceptors (Lipinski definition) is 9. The van der Waals surface area contributed by atoms with E-state index in [4.69, 9.17) is 32.7 Å². The highest BCUT2D eigenvalue weighted by atomic mass is 35.5. The van der Waals surface area contributed by atoms with Crippen LogP contribution < -0.4 is 19.7 Å². The molecule has 2 N–H and O–H groups in total.